The lowest BCUT2D eigenvalue weighted by Crippen LogP contribution is -2.18. The van der Waals surface area contributed by atoms with Crippen molar-refractivity contribution in [2.75, 3.05) is 4.72 Å². The van der Waals surface area contributed by atoms with Gasteiger partial charge in [0.1, 0.15) is 0 Å². The minimum Gasteiger partial charge on any atom is -0.366 e. The fourth-order valence-electron chi connectivity index (χ4n) is 3.86. The fraction of sp³-hybridized carbons (Fsp3) is 0.333. The fourth-order valence-corrected chi connectivity index (χ4v) is 6.27. The Bertz CT molecular complexity index is 1400. The number of halogens is 3. The molecule has 2 aliphatic carbocycles. The average Bonchev–Trinajstić information content (AvgIpc) is 3.71. The summed E-state index contributed by atoms with van der Waals surface area (Å²) in [7, 11) is -3.49. The molecule has 8 nitrogen and oxygen atoms in total. The van der Waals surface area contributed by atoms with Crippen molar-refractivity contribution in [2.24, 2.45) is 5.73 Å². The largest absolute Gasteiger partial charge is 0.434 e. The van der Waals surface area contributed by atoms with Crippen LogP contribution >= 0.6 is 11.3 Å². The number of hydrogen-bond acceptors (Lipinski definition) is 7. The molecule has 13 heteroatoms. The maximum Gasteiger partial charge on any atom is 0.434 e. The highest BCUT2D eigenvalue weighted by Crippen LogP contribution is 2.56. The van der Waals surface area contributed by atoms with Crippen molar-refractivity contribution in [3.05, 3.63) is 58.5 Å². The van der Waals surface area contributed by atoms with E-state index in [1.807, 2.05) is 0 Å². The maximum absolute atomic E-state index is 13.2. The maximum atomic E-state index is 13.2. The molecule has 178 valence electrons. The molecule has 2 aromatic heterocycles. The molecule has 2 aliphatic rings. The standard InChI is InChI=1S/C21H18F3N5O3S2/c22-21(23,24)16-9-26-8-15(27-16)13-4-1-11(18(25)30)7-14(13)20(5-6-20)17-10-33-19(28-17)29-34(31,32)12-2-3-12/h1,4,7-10,12H,2-3,5-6H2,(H2,25,30)(H,28,29). The van der Waals surface area contributed by atoms with Crippen LogP contribution in [0.15, 0.2) is 36.0 Å². The van der Waals surface area contributed by atoms with Crippen LogP contribution in [0.4, 0.5) is 18.3 Å². The van der Waals surface area contributed by atoms with Gasteiger partial charge in [-0.1, -0.05) is 6.07 Å². The molecule has 2 saturated carbocycles. The molecule has 1 amide bonds. The summed E-state index contributed by atoms with van der Waals surface area (Å²) in [6.07, 6.45) is -0.370. The van der Waals surface area contributed by atoms with Gasteiger partial charge in [0.2, 0.25) is 15.9 Å². The summed E-state index contributed by atoms with van der Waals surface area (Å²) in [5.74, 6) is -0.685. The lowest BCUT2D eigenvalue weighted by Gasteiger charge is -2.19. The van der Waals surface area contributed by atoms with Crippen molar-refractivity contribution in [1.29, 1.82) is 0 Å². The molecule has 0 unspecified atom stereocenters. The zero-order valence-electron chi connectivity index (χ0n) is 17.5. The van der Waals surface area contributed by atoms with Gasteiger partial charge in [-0.05, 0) is 43.4 Å². The van der Waals surface area contributed by atoms with Crippen molar-refractivity contribution >= 4 is 32.4 Å². The summed E-state index contributed by atoms with van der Waals surface area (Å²) >= 11 is 1.13. The van der Waals surface area contributed by atoms with Crippen LogP contribution in [0.2, 0.25) is 0 Å². The molecule has 3 aromatic rings. The zero-order valence-corrected chi connectivity index (χ0v) is 19.1. The van der Waals surface area contributed by atoms with E-state index in [4.69, 9.17) is 5.73 Å². The number of carbonyl (C=O) groups is 1. The van der Waals surface area contributed by atoms with E-state index in [1.54, 1.807) is 11.4 Å². The lowest BCUT2D eigenvalue weighted by atomic mass is 9.86. The summed E-state index contributed by atoms with van der Waals surface area (Å²) in [6.45, 7) is 0. The second kappa shape index (κ2) is 7.73. The summed E-state index contributed by atoms with van der Waals surface area (Å²) in [6, 6.07) is 4.47. The first kappa shape index (κ1) is 22.7. The molecule has 0 radical (unpaired) electrons. The molecule has 1 aromatic carbocycles. The minimum atomic E-state index is -4.67. The second-order valence-electron chi connectivity index (χ2n) is 8.38. The first-order chi connectivity index (χ1) is 16.0. The van der Waals surface area contributed by atoms with Gasteiger partial charge in [0.25, 0.3) is 0 Å². The van der Waals surface area contributed by atoms with Crippen LogP contribution in [0, 0.1) is 0 Å². The van der Waals surface area contributed by atoms with Crippen molar-refractivity contribution in [2.45, 2.75) is 42.5 Å². The van der Waals surface area contributed by atoms with Gasteiger partial charge in [0.05, 0.1) is 29.0 Å². The minimum absolute atomic E-state index is 0.00277. The Hall–Kier alpha value is -3.06. The highest BCUT2D eigenvalue weighted by Gasteiger charge is 2.50. The quantitative estimate of drug-likeness (QED) is 0.500. The van der Waals surface area contributed by atoms with E-state index in [9.17, 15) is 26.4 Å². The molecule has 5 rings (SSSR count). The van der Waals surface area contributed by atoms with E-state index in [1.165, 1.54) is 18.3 Å². The van der Waals surface area contributed by atoms with Crippen LogP contribution in [-0.4, -0.2) is 34.5 Å². The molecule has 34 heavy (non-hydrogen) atoms. The Morgan fingerprint density at radius 1 is 1.18 bits per heavy atom. The first-order valence-corrected chi connectivity index (χ1v) is 12.7. The Kier molecular flexibility index (Phi) is 5.17. The van der Waals surface area contributed by atoms with E-state index in [0.717, 1.165) is 11.3 Å². The molecular weight excluding hydrogens is 491 g/mol. The summed E-state index contributed by atoms with van der Waals surface area (Å²) in [5.41, 5.74) is 5.27. The third-order valence-corrected chi connectivity index (χ3v) is 8.67. The molecule has 0 bridgehead atoms. The molecular formula is C21H18F3N5O3S2. The Labute approximate surface area is 196 Å². The number of alkyl halides is 3. The van der Waals surface area contributed by atoms with Gasteiger partial charge in [0.15, 0.2) is 10.8 Å². The van der Waals surface area contributed by atoms with Crippen LogP contribution < -0.4 is 10.5 Å². The van der Waals surface area contributed by atoms with Gasteiger partial charge in [-0.2, -0.15) is 13.2 Å². The predicted octanol–water partition coefficient (Wildman–Crippen LogP) is 3.70. The molecule has 0 saturated heterocycles. The van der Waals surface area contributed by atoms with Gasteiger partial charge in [-0.15, -0.1) is 11.3 Å². The van der Waals surface area contributed by atoms with E-state index in [-0.39, 0.29) is 16.4 Å². The topological polar surface area (TPSA) is 128 Å². The molecule has 0 atom stereocenters. The van der Waals surface area contributed by atoms with Gasteiger partial charge in [0, 0.05) is 21.9 Å². The van der Waals surface area contributed by atoms with E-state index in [2.05, 4.69) is 19.7 Å². The highest BCUT2D eigenvalue weighted by atomic mass is 32.2. The van der Waals surface area contributed by atoms with Crippen molar-refractivity contribution in [3.63, 3.8) is 0 Å². The van der Waals surface area contributed by atoms with Crippen molar-refractivity contribution in [3.8, 4) is 11.3 Å². The van der Waals surface area contributed by atoms with E-state index in [0.29, 0.717) is 48.7 Å². The summed E-state index contributed by atoms with van der Waals surface area (Å²) in [5, 5.41) is 1.53. The normalized spacial score (nSPS) is 17.4. The molecule has 0 spiro atoms. The first-order valence-electron chi connectivity index (χ1n) is 10.3. The van der Waals surface area contributed by atoms with Gasteiger partial charge < -0.3 is 5.73 Å². The van der Waals surface area contributed by atoms with Gasteiger partial charge >= 0.3 is 6.18 Å². The number of thiazole rings is 1. The number of anilines is 1. The van der Waals surface area contributed by atoms with Crippen LogP contribution in [0.1, 0.15) is 53.0 Å². The summed E-state index contributed by atoms with van der Waals surface area (Å²) < 4.78 is 66.8. The number of aromatic nitrogens is 3. The highest BCUT2D eigenvalue weighted by molar-refractivity contribution is 7.93. The number of sulfonamides is 1. The number of primary amides is 1. The number of nitrogens with zero attached hydrogens (tertiary/aromatic N) is 3. The SMILES string of the molecule is NC(=O)c1ccc(-c2cncc(C(F)(F)F)n2)c(C2(c3csc(NS(=O)(=O)C4CC4)n3)CC2)c1. The molecule has 2 heterocycles. The number of rotatable bonds is 7. The average molecular weight is 510 g/mol. The van der Waals surface area contributed by atoms with E-state index >= 15 is 0 Å². The third kappa shape index (κ3) is 4.13. The molecule has 3 N–H and O–H groups in total. The number of amides is 1. The number of hydrogen-bond donors (Lipinski definition) is 2. The predicted molar refractivity (Wildman–Crippen MR) is 119 cm³/mol. The zero-order chi connectivity index (χ0) is 24.3. The number of nitrogens with two attached hydrogens (primary N) is 1. The van der Waals surface area contributed by atoms with E-state index < -0.39 is 38.5 Å². The van der Waals surface area contributed by atoms with Crippen LogP contribution in [0.25, 0.3) is 11.3 Å². The monoisotopic (exact) mass is 509 g/mol. The van der Waals surface area contributed by atoms with Crippen LogP contribution in [-0.2, 0) is 21.6 Å². The number of benzene rings is 1. The van der Waals surface area contributed by atoms with Crippen LogP contribution in [0.3, 0.4) is 0 Å². The third-order valence-electron chi connectivity index (χ3n) is 5.96. The van der Waals surface area contributed by atoms with Gasteiger partial charge in [-0.25, -0.2) is 18.4 Å². The molecule has 0 aliphatic heterocycles. The molecule has 2 fully saturated rings. The Balaban J connectivity index is 1.58. The summed E-state index contributed by atoms with van der Waals surface area (Å²) in [4.78, 5) is 23.8. The van der Waals surface area contributed by atoms with Gasteiger partial charge in [-0.3, -0.25) is 14.5 Å². The van der Waals surface area contributed by atoms with Crippen LogP contribution in [0.5, 0.6) is 0 Å². The Morgan fingerprint density at radius 2 is 1.91 bits per heavy atom. The number of nitrogens with one attached hydrogen (secondary N) is 1. The van der Waals surface area contributed by atoms with Crippen molar-refractivity contribution < 1.29 is 26.4 Å². The smallest absolute Gasteiger partial charge is 0.366 e. The lowest BCUT2D eigenvalue weighted by molar-refractivity contribution is -0.141. The Morgan fingerprint density at radius 3 is 2.53 bits per heavy atom. The van der Waals surface area contributed by atoms with Crippen molar-refractivity contribution in [1.82, 2.24) is 15.0 Å². The second-order valence-corrected chi connectivity index (χ2v) is 11.2. The number of carbonyl (C=O) groups excluding carboxylic acids is 1.